The average molecular weight is 426 g/mol. The van der Waals surface area contributed by atoms with Crippen LogP contribution in [-0.4, -0.2) is 20.9 Å². The average Bonchev–Trinajstić information content (AvgIpc) is 3.46. The Morgan fingerprint density at radius 2 is 1.72 bits per heavy atom. The number of benzene rings is 3. The van der Waals surface area contributed by atoms with Crippen LogP contribution in [0.25, 0.3) is 22.4 Å². The number of rotatable bonds is 6. The third-order valence-electron chi connectivity index (χ3n) is 5.18. The minimum atomic E-state index is -0.298. The highest BCUT2D eigenvalue weighted by molar-refractivity contribution is 5.94. The highest BCUT2D eigenvalue weighted by Crippen LogP contribution is 2.22. The van der Waals surface area contributed by atoms with E-state index in [0.717, 1.165) is 22.2 Å². The molecule has 7 heteroatoms. The quantitative estimate of drug-likeness (QED) is 0.423. The zero-order valence-corrected chi connectivity index (χ0v) is 17.0. The predicted molar refractivity (Wildman–Crippen MR) is 118 cm³/mol. The molecule has 0 saturated carbocycles. The summed E-state index contributed by atoms with van der Waals surface area (Å²) in [7, 11) is 0. The molecule has 2 aromatic heterocycles. The molecule has 0 unspecified atom stereocenters. The Morgan fingerprint density at radius 3 is 2.53 bits per heavy atom. The number of halogens is 1. The molecule has 158 valence electrons. The van der Waals surface area contributed by atoms with Crippen LogP contribution in [-0.2, 0) is 13.1 Å². The summed E-state index contributed by atoms with van der Waals surface area (Å²) >= 11 is 0. The van der Waals surface area contributed by atoms with Crippen molar-refractivity contribution in [1.82, 2.24) is 20.3 Å². The number of carbonyl (C=O) groups excluding carboxylic acids is 1. The van der Waals surface area contributed by atoms with Crippen molar-refractivity contribution in [2.45, 2.75) is 13.1 Å². The standard InChI is InChI=1S/C25H19FN4O2/c26-20-11-9-18(10-12-20)24-14-13-21(32-24)15-27-25(31)19-7-5-17(6-8-19)16-30-23-4-2-1-3-22(23)28-29-30/h1-14H,15-16H2,(H,27,31). The molecule has 0 atom stereocenters. The summed E-state index contributed by atoms with van der Waals surface area (Å²) < 4.78 is 20.7. The molecule has 1 N–H and O–H groups in total. The molecule has 6 nitrogen and oxygen atoms in total. The molecular formula is C25H19FN4O2. The van der Waals surface area contributed by atoms with Crippen LogP contribution in [0.4, 0.5) is 4.39 Å². The monoisotopic (exact) mass is 426 g/mol. The highest BCUT2D eigenvalue weighted by Gasteiger charge is 2.10. The van der Waals surface area contributed by atoms with Gasteiger partial charge in [-0.2, -0.15) is 0 Å². The summed E-state index contributed by atoms with van der Waals surface area (Å²) in [5.41, 5.74) is 4.17. The number of nitrogens with one attached hydrogen (secondary N) is 1. The van der Waals surface area contributed by atoms with E-state index in [-0.39, 0.29) is 18.3 Å². The van der Waals surface area contributed by atoms with Crippen molar-refractivity contribution < 1.29 is 13.6 Å². The van der Waals surface area contributed by atoms with Gasteiger partial charge in [0.15, 0.2) is 0 Å². The van der Waals surface area contributed by atoms with Gasteiger partial charge in [-0.15, -0.1) is 5.10 Å². The number of nitrogens with zero attached hydrogens (tertiary/aromatic N) is 3. The lowest BCUT2D eigenvalue weighted by atomic mass is 10.1. The first-order valence-corrected chi connectivity index (χ1v) is 10.2. The first-order chi connectivity index (χ1) is 15.7. The van der Waals surface area contributed by atoms with Gasteiger partial charge in [0.1, 0.15) is 22.9 Å². The second-order valence-electron chi connectivity index (χ2n) is 7.39. The molecule has 2 heterocycles. The van der Waals surface area contributed by atoms with Crippen molar-refractivity contribution in [2.24, 2.45) is 0 Å². The van der Waals surface area contributed by atoms with Crippen LogP contribution in [0.1, 0.15) is 21.7 Å². The normalized spacial score (nSPS) is 11.0. The Hall–Kier alpha value is -4.26. The molecule has 0 saturated heterocycles. The second-order valence-corrected chi connectivity index (χ2v) is 7.39. The molecule has 0 spiro atoms. The van der Waals surface area contributed by atoms with Crippen LogP contribution >= 0.6 is 0 Å². The zero-order valence-electron chi connectivity index (χ0n) is 17.0. The van der Waals surface area contributed by atoms with Gasteiger partial charge >= 0.3 is 0 Å². The van der Waals surface area contributed by atoms with Crippen LogP contribution in [0, 0.1) is 5.82 Å². The van der Waals surface area contributed by atoms with Gasteiger partial charge in [-0.25, -0.2) is 9.07 Å². The topological polar surface area (TPSA) is 73.0 Å². The molecule has 32 heavy (non-hydrogen) atoms. The minimum Gasteiger partial charge on any atom is -0.459 e. The van der Waals surface area contributed by atoms with Gasteiger partial charge in [-0.3, -0.25) is 4.79 Å². The maximum Gasteiger partial charge on any atom is 0.251 e. The maximum absolute atomic E-state index is 13.1. The first kappa shape index (κ1) is 19.7. The van der Waals surface area contributed by atoms with Crippen LogP contribution in [0.3, 0.4) is 0 Å². The Balaban J connectivity index is 1.20. The van der Waals surface area contributed by atoms with Crippen molar-refractivity contribution in [1.29, 1.82) is 0 Å². The van der Waals surface area contributed by atoms with Crippen LogP contribution in [0.15, 0.2) is 89.3 Å². The number of carbonyl (C=O) groups is 1. The van der Waals surface area contributed by atoms with E-state index >= 15 is 0 Å². The number of para-hydroxylation sites is 1. The van der Waals surface area contributed by atoms with E-state index in [1.165, 1.54) is 12.1 Å². The molecule has 0 aliphatic rings. The summed E-state index contributed by atoms with van der Waals surface area (Å²) in [5.74, 6) is 0.752. The number of aromatic nitrogens is 3. The third kappa shape index (κ3) is 4.13. The van der Waals surface area contributed by atoms with E-state index in [2.05, 4.69) is 15.6 Å². The Labute approximate surface area is 183 Å². The van der Waals surface area contributed by atoms with Crippen molar-refractivity contribution in [2.75, 3.05) is 0 Å². The van der Waals surface area contributed by atoms with Gasteiger partial charge < -0.3 is 9.73 Å². The zero-order chi connectivity index (χ0) is 21.9. The summed E-state index contributed by atoms with van der Waals surface area (Å²) in [5, 5.41) is 11.2. The first-order valence-electron chi connectivity index (χ1n) is 10.2. The lowest BCUT2D eigenvalue weighted by Crippen LogP contribution is -2.22. The van der Waals surface area contributed by atoms with Crippen LogP contribution in [0.2, 0.25) is 0 Å². The summed E-state index contributed by atoms with van der Waals surface area (Å²) in [6.07, 6.45) is 0. The third-order valence-corrected chi connectivity index (χ3v) is 5.18. The molecule has 0 radical (unpaired) electrons. The van der Waals surface area contributed by atoms with Crippen molar-refractivity contribution in [3.63, 3.8) is 0 Å². The van der Waals surface area contributed by atoms with Gasteiger partial charge in [0.25, 0.3) is 5.91 Å². The van der Waals surface area contributed by atoms with Gasteiger partial charge in [-0.1, -0.05) is 29.5 Å². The van der Waals surface area contributed by atoms with Gasteiger partial charge in [0, 0.05) is 11.1 Å². The fourth-order valence-corrected chi connectivity index (χ4v) is 3.48. The lowest BCUT2D eigenvalue weighted by Gasteiger charge is -2.06. The van der Waals surface area contributed by atoms with Gasteiger partial charge in [0.05, 0.1) is 18.6 Å². The van der Waals surface area contributed by atoms with E-state index in [9.17, 15) is 9.18 Å². The number of furan rings is 1. The molecule has 5 aromatic rings. The van der Waals surface area contributed by atoms with Gasteiger partial charge in [-0.05, 0) is 66.2 Å². The molecule has 0 aliphatic carbocycles. The fourth-order valence-electron chi connectivity index (χ4n) is 3.48. The van der Waals surface area contributed by atoms with E-state index in [1.807, 2.05) is 41.1 Å². The Kier molecular flexibility index (Phi) is 5.21. The molecule has 3 aromatic carbocycles. The van der Waals surface area contributed by atoms with Crippen LogP contribution < -0.4 is 5.32 Å². The SMILES string of the molecule is O=C(NCc1ccc(-c2ccc(F)cc2)o1)c1ccc(Cn2nnc3ccccc32)cc1. The van der Waals surface area contributed by atoms with Crippen molar-refractivity contribution >= 4 is 16.9 Å². The summed E-state index contributed by atoms with van der Waals surface area (Å²) in [6.45, 7) is 0.827. The van der Waals surface area contributed by atoms with E-state index in [0.29, 0.717) is 23.6 Å². The number of amides is 1. The predicted octanol–water partition coefficient (Wildman–Crippen LogP) is 4.81. The van der Waals surface area contributed by atoms with E-state index < -0.39 is 0 Å². The maximum atomic E-state index is 13.1. The van der Waals surface area contributed by atoms with Crippen LogP contribution in [0.5, 0.6) is 0 Å². The number of fused-ring (bicyclic) bond motifs is 1. The summed E-state index contributed by atoms with van der Waals surface area (Å²) in [4.78, 5) is 12.5. The molecular weight excluding hydrogens is 407 g/mol. The lowest BCUT2D eigenvalue weighted by molar-refractivity contribution is 0.0948. The molecule has 1 amide bonds. The van der Waals surface area contributed by atoms with Crippen molar-refractivity contribution in [3.8, 4) is 11.3 Å². The van der Waals surface area contributed by atoms with Gasteiger partial charge in [0.2, 0.25) is 0 Å². The minimum absolute atomic E-state index is 0.192. The summed E-state index contributed by atoms with van der Waals surface area (Å²) in [6, 6.07) is 24.9. The number of hydrogen-bond donors (Lipinski definition) is 1. The smallest absolute Gasteiger partial charge is 0.251 e. The molecule has 0 fully saturated rings. The highest BCUT2D eigenvalue weighted by atomic mass is 19.1. The molecule has 0 bridgehead atoms. The molecule has 5 rings (SSSR count). The number of hydrogen-bond acceptors (Lipinski definition) is 4. The fraction of sp³-hybridized carbons (Fsp3) is 0.0800. The van der Waals surface area contributed by atoms with E-state index in [4.69, 9.17) is 4.42 Å². The Morgan fingerprint density at radius 1 is 0.938 bits per heavy atom. The van der Waals surface area contributed by atoms with E-state index in [1.54, 1.807) is 36.4 Å². The Bertz CT molecular complexity index is 1370. The van der Waals surface area contributed by atoms with Crippen molar-refractivity contribution in [3.05, 3.63) is 108 Å². The molecule has 0 aliphatic heterocycles. The largest absolute Gasteiger partial charge is 0.459 e. The second kappa shape index (κ2) is 8.47.